The van der Waals surface area contributed by atoms with E-state index in [2.05, 4.69) is 87.6 Å². The van der Waals surface area contributed by atoms with Gasteiger partial charge in [0, 0.05) is 19.3 Å². The molecule has 0 radical (unpaired) electrons. The van der Waals surface area contributed by atoms with Crippen LogP contribution >= 0.6 is 0 Å². The zero-order chi connectivity index (χ0) is 57.8. The summed E-state index contributed by atoms with van der Waals surface area (Å²) in [6.07, 6.45) is 89.6. The Morgan fingerprint density at radius 2 is 0.512 bits per heavy atom. The third-order valence-electron chi connectivity index (χ3n) is 15.5. The second-order valence-corrected chi connectivity index (χ2v) is 23.4. The number of hydrogen-bond acceptors (Lipinski definition) is 6. The van der Waals surface area contributed by atoms with Crippen molar-refractivity contribution in [2.24, 2.45) is 0 Å². The average molecular weight is 1120 g/mol. The topological polar surface area (TPSA) is 78.9 Å². The maximum absolute atomic E-state index is 12.9. The third kappa shape index (κ3) is 65.7. The number of carbonyl (C=O) groups excluding carboxylic acids is 3. The van der Waals surface area contributed by atoms with Crippen LogP contribution in [0.1, 0.15) is 361 Å². The second-order valence-electron chi connectivity index (χ2n) is 23.4. The summed E-state index contributed by atoms with van der Waals surface area (Å²) in [5, 5.41) is 0. The van der Waals surface area contributed by atoms with Crippen molar-refractivity contribution >= 4 is 17.9 Å². The number of unbranched alkanes of at least 4 members (excludes halogenated alkanes) is 41. The molecule has 464 valence electrons. The van der Waals surface area contributed by atoms with Crippen LogP contribution in [0.3, 0.4) is 0 Å². The number of rotatable bonds is 64. The van der Waals surface area contributed by atoms with Crippen molar-refractivity contribution in [2.75, 3.05) is 13.2 Å². The molecule has 1 unspecified atom stereocenters. The summed E-state index contributed by atoms with van der Waals surface area (Å²) in [6, 6.07) is 0. The van der Waals surface area contributed by atoms with Crippen LogP contribution in [0.15, 0.2) is 72.9 Å². The van der Waals surface area contributed by atoms with Gasteiger partial charge in [0.1, 0.15) is 13.2 Å². The minimum atomic E-state index is -0.807. The molecule has 0 saturated carbocycles. The van der Waals surface area contributed by atoms with Crippen molar-refractivity contribution in [1.29, 1.82) is 0 Å². The van der Waals surface area contributed by atoms with Gasteiger partial charge in [0.05, 0.1) is 0 Å². The third-order valence-corrected chi connectivity index (χ3v) is 15.5. The molecule has 80 heavy (non-hydrogen) atoms. The summed E-state index contributed by atoms with van der Waals surface area (Å²) in [5.41, 5.74) is 0. The number of esters is 3. The zero-order valence-corrected chi connectivity index (χ0v) is 53.3. The van der Waals surface area contributed by atoms with Gasteiger partial charge in [0.15, 0.2) is 6.10 Å². The van der Waals surface area contributed by atoms with Crippen LogP contribution < -0.4 is 0 Å². The van der Waals surface area contributed by atoms with Crippen LogP contribution in [-0.4, -0.2) is 37.2 Å². The van der Waals surface area contributed by atoms with Crippen molar-refractivity contribution < 1.29 is 28.6 Å². The maximum atomic E-state index is 12.9. The first kappa shape index (κ1) is 76.9. The standard InChI is InChI=1S/C74H132O6/c1-4-7-10-13-16-19-22-25-27-29-31-33-34-35-36-37-38-39-41-42-44-46-49-52-55-58-61-64-67-73(76)79-70-71(69-78-72(75)66-63-60-57-54-51-48-24-21-18-15-12-9-6-3)80-74(77)68-65-62-59-56-53-50-47-45-43-40-32-30-28-26-23-20-17-14-11-8-5-2/h9,12,18,21,23,26,30,32,48,51,57,60,71H,4-8,10-11,13-17,19-20,22,24-25,27-29,31,33-47,49-50,52-56,58-59,61-70H2,1-3H3/b12-9-,21-18-,26-23-,32-30-,51-48-,60-57-. The summed E-state index contributed by atoms with van der Waals surface area (Å²) in [7, 11) is 0. The lowest BCUT2D eigenvalue weighted by molar-refractivity contribution is -0.166. The lowest BCUT2D eigenvalue weighted by atomic mass is 10.0. The highest BCUT2D eigenvalue weighted by Gasteiger charge is 2.19. The highest BCUT2D eigenvalue weighted by molar-refractivity contribution is 5.71. The Kier molecular flexibility index (Phi) is 65.7. The van der Waals surface area contributed by atoms with Crippen molar-refractivity contribution in [3.05, 3.63) is 72.9 Å². The summed E-state index contributed by atoms with van der Waals surface area (Å²) in [5.74, 6) is -0.967. The van der Waals surface area contributed by atoms with Gasteiger partial charge in [0.25, 0.3) is 0 Å². The molecular formula is C74H132O6. The van der Waals surface area contributed by atoms with Crippen LogP contribution in [0.5, 0.6) is 0 Å². The molecule has 0 aromatic carbocycles. The minimum Gasteiger partial charge on any atom is -0.462 e. The largest absolute Gasteiger partial charge is 0.462 e. The Labute approximate surface area is 497 Å². The number of allylic oxidation sites excluding steroid dienone is 12. The van der Waals surface area contributed by atoms with E-state index in [1.165, 1.54) is 244 Å². The summed E-state index contributed by atoms with van der Waals surface area (Å²) in [6.45, 7) is 6.50. The fraction of sp³-hybridized carbons (Fsp3) is 0.797. The smallest absolute Gasteiger partial charge is 0.306 e. The monoisotopic (exact) mass is 1120 g/mol. The van der Waals surface area contributed by atoms with Gasteiger partial charge in [-0.3, -0.25) is 14.4 Å². The maximum Gasteiger partial charge on any atom is 0.306 e. The molecule has 0 aliphatic rings. The number of ether oxygens (including phenoxy) is 3. The fourth-order valence-electron chi connectivity index (χ4n) is 10.3. The molecular weight excluding hydrogens is 985 g/mol. The first-order chi connectivity index (χ1) is 39.5. The normalized spacial score (nSPS) is 12.5. The second kappa shape index (κ2) is 68.3. The molecule has 0 aliphatic heterocycles. The van der Waals surface area contributed by atoms with Gasteiger partial charge in [-0.1, -0.05) is 338 Å². The molecule has 0 N–H and O–H groups in total. The van der Waals surface area contributed by atoms with Crippen molar-refractivity contribution in [3.63, 3.8) is 0 Å². The molecule has 0 aromatic heterocycles. The Bertz CT molecular complexity index is 1470. The lowest BCUT2D eigenvalue weighted by Gasteiger charge is -2.18. The molecule has 0 saturated heterocycles. The SMILES string of the molecule is CC/C=C\C/C=C\C/C=C\C/C=C\CCC(=O)OCC(COC(=O)CCCCCCCCCCCCCCCCCCCCCCCCCCCCCC)OC(=O)CCCCCCCCCCC/C=C\C/C=C\CCCCCCC. The summed E-state index contributed by atoms with van der Waals surface area (Å²) >= 11 is 0. The summed E-state index contributed by atoms with van der Waals surface area (Å²) < 4.78 is 16.9. The molecule has 0 aliphatic carbocycles. The molecule has 1 atom stereocenters. The van der Waals surface area contributed by atoms with E-state index in [0.717, 1.165) is 70.6 Å². The molecule has 6 nitrogen and oxygen atoms in total. The van der Waals surface area contributed by atoms with Crippen LogP contribution in [0.4, 0.5) is 0 Å². The van der Waals surface area contributed by atoms with Gasteiger partial charge in [-0.05, 0) is 77.0 Å². The van der Waals surface area contributed by atoms with E-state index >= 15 is 0 Å². The van der Waals surface area contributed by atoms with Crippen molar-refractivity contribution in [2.45, 2.75) is 367 Å². The van der Waals surface area contributed by atoms with E-state index < -0.39 is 6.10 Å². The Morgan fingerprint density at radius 3 is 0.838 bits per heavy atom. The Balaban J connectivity index is 4.25. The van der Waals surface area contributed by atoms with Crippen LogP contribution in [-0.2, 0) is 28.6 Å². The lowest BCUT2D eigenvalue weighted by Crippen LogP contribution is -2.30. The van der Waals surface area contributed by atoms with E-state index in [4.69, 9.17) is 14.2 Å². The van der Waals surface area contributed by atoms with Gasteiger partial charge in [0.2, 0.25) is 0 Å². The van der Waals surface area contributed by atoms with Crippen LogP contribution in [0, 0.1) is 0 Å². The summed E-state index contributed by atoms with van der Waals surface area (Å²) in [4.78, 5) is 38.3. The van der Waals surface area contributed by atoms with E-state index in [0.29, 0.717) is 19.3 Å². The van der Waals surface area contributed by atoms with Crippen LogP contribution in [0.2, 0.25) is 0 Å². The molecule has 0 heterocycles. The van der Waals surface area contributed by atoms with E-state index in [9.17, 15) is 14.4 Å². The zero-order valence-electron chi connectivity index (χ0n) is 53.3. The highest BCUT2D eigenvalue weighted by Crippen LogP contribution is 2.18. The molecule has 6 heteroatoms. The number of hydrogen-bond donors (Lipinski definition) is 0. The number of carbonyl (C=O) groups is 3. The van der Waals surface area contributed by atoms with E-state index in [-0.39, 0.29) is 37.5 Å². The minimum absolute atomic E-state index is 0.0960. The van der Waals surface area contributed by atoms with Crippen molar-refractivity contribution in [3.8, 4) is 0 Å². The van der Waals surface area contributed by atoms with E-state index in [1.807, 2.05) is 6.08 Å². The van der Waals surface area contributed by atoms with Crippen molar-refractivity contribution in [1.82, 2.24) is 0 Å². The van der Waals surface area contributed by atoms with Gasteiger partial charge in [-0.2, -0.15) is 0 Å². The molecule has 0 spiro atoms. The molecule has 0 amide bonds. The molecule has 0 aromatic rings. The molecule has 0 rings (SSSR count). The molecule has 0 bridgehead atoms. The predicted molar refractivity (Wildman–Crippen MR) is 348 cm³/mol. The highest BCUT2D eigenvalue weighted by atomic mass is 16.6. The van der Waals surface area contributed by atoms with Crippen LogP contribution in [0.25, 0.3) is 0 Å². The van der Waals surface area contributed by atoms with Gasteiger partial charge in [-0.25, -0.2) is 0 Å². The predicted octanol–water partition coefficient (Wildman–Crippen LogP) is 24.1. The van der Waals surface area contributed by atoms with Gasteiger partial charge >= 0.3 is 17.9 Å². The fourth-order valence-corrected chi connectivity index (χ4v) is 10.3. The Hall–Kier alpha value is -3.15. The van der Waals surface area contributed by atoms with Gasteiger partial charge < -0.3 is 14.2 Å². The van der Waals surface area contributed by atoms with E-state index in [1.54, 1.807) is 0 Å². The first-order valence-electron chi connectivity index (χ1n) is 34.9. The first-order valence-corrected chi connectivity index (χ1v) is 34.9. The average Bonchev–Trinajstić information content (AvgIpc) is 3.46. The Morgan fingerprint density at radius 1 is 0.263 bits per heavy atom. The molecule has 0 fully saturated rings. The quantitative estimate of drug-likeness (QED) is 0.0261. The van der Waals surface area contributed by atoms with Gasteiger partial charge in [-0.15, -0.1) is 0 Å².